The Hall–Kier alpha value is -3.87. The number of nitrogens with one attached hydrogen (secondary N) is 1. The lowest BCUT2D eigenvalue weighted by Crippen LogP contribution is -2.52. The molecule has 0 heterocycles. The van der Waals surface area contributed by atoms with Crippen LogP contribution in [0.5, 0.6) is 11.5 Å². The third-order valence-corrected chi connectivity index (χ3v) is 7.10. The number of hydrogen-bond donors (Lipinski definition) is 1. The number of benzene rings is 2. The van der Waals surface area contributed by atoms with Crippen LogP contribution in [0, 0.1) is 10.1 Å². The van der Waals surface area contributed by atoms with E-state index >= 15 is 0 Å². The van der Waals surface area contributed by atoms with Crippen LogP contribution in [0.25, 0.3) is 0 Å². The number of hydrogen-bond acceptors (Lipinski definition) is 8. The molecule has 2 aromatic carbocycles. The number of nitrogens with zero attached hydrogens (tertiary/aromatic N) is 3. The number of nitro benzene ring substituents is 1. The molecule has 13 heteroatoms. The topological polar surface area (TPSA) is 148 Å². The second-order valence-electron chi connectivity index (χ2n) is 8.75. The second-order valence-corrected chi connectivity index (χ2v) is 10.7. The van der Waals surface area contributed by atoms with Gasteiger partial charge in [0, 0.05) is 24.7 Å². The Bertz CT molecular complexity index is 1270. The van der Waals surface area contributed by atoms with E-state index in [4.69, 9.17) is 9.47 Å². The zero-order valence-corrected chi connectivity index (χ0v) is 23.1. The van der Waals surface area contributed by atoms with E-state index in [1.807, 2.05) is 13.8 Å². The van der Waals surface area contributed by atoms with Gasteiger partial charge in [0.2, 0.25) is 21.8 Å². The highest BCUT2D eigenvalue weighted by Crippen LogP contribution is 2.34. The Labute approximate surface area is 222 Å². The smallest absolute Gasteiger partial charge is 0.271 e. The van der Waals surface area contributed by atoms with E-state index in [1.54, 1.807) is 31.2 Å². The summed E-state index contributed by atoms with van der Waals surface area (Å²) in [7, 11) is -1.33. The van der Waals surface area contributed by atoms with E-state index in [1.165, 1.54) is 31.3 Å². The predicted molar refractivity (Wildman–Crippen MR) is 143 cm³/mol. The Kier molecular flexibility index (Phi) is 10.5. The van der Waals surface area contributed by atoms with Gasteiger partial charge in [0.15, 0.2) is 0 Å². The highest BCUT2D eigenvalue weighted by atomic mass is 32.2. The molecule has 0 spiro atoms. The van der Waals surface area contributed by atoms with Crippen molar-refractivity contribution in [3.05, 3.63) is 58.1 Å². The number of sulfonamides is 1. The monoisotopic (exact) mass is 550 g/mol. The second kappa shape index (κ2) is 13.1. The number of carbonyl (C=O) groups excluding carboxylic acids is 2. The Balaban J connectivity index is 2.53. The average molecular weight is 551 g/mol. The summed E-state index contributed by atoms with van der Waals surface area (Å²) >= 11 is 0. The molecule has 2 aromatic rings. The molecular formula is C25H34N4O8S. The maximum atomic E-state index is 13.7. The average Bonchev–Trinajstić information content (AvgIpc) is 2.88. The van der Waals surface area contributed by atoms with Gasteiger partial charge in [-0.25, -0.2) is 8.42 Å². The molecule has 0 saturated heterocycles. The third-order valence-electron chi connectivity index (χ3n) is 5.98. The molecule has 0 unspecified atom stereocenters. The van der Waals surface area contributed by atoms with Gasteiger partial charge < -0.3 is 19.7 Å². The molecular weight excluding hydrogens is 516 g/mol. The van der Waals surface area contributed by atoms with Gasteiger partial charge in [0.25, 0.3) is 5.69 Å². The first-order valence-electron chi connectivity index (χ1n) is 11.8. The van der Waals surface area contributed by atoms with Gasteiger partial charge in [-0.1, -0.05) is 19.1 Å². The fourth-order valence-electron chi connectivity index (χ4n) is 3.60. The number of carbonyl (C=O) groups is 2. The van der Waals surface area contributed by atoms with Gasteiger partial charge >= 0.3 is 0 Å². The maximum absolute atomic E-state index is 13.7. The zero-order chi connectivity index (χ0) is 28.6. The van der Waals surface area contributed by atoms with Crippen molar-refractivity contribution in [1.82, 2.24) is 10.2 Å². The summed E-state index contributed by atoms with van der Waals surface area (Å²) in [6.07, 6.45) is 1.56. The molecule has 0 aliphatic rings. The van der Waals surface area contributed by atoms with Crippen LogP contribution in [0.15, 0.2) is 42.5 Å². The number of ether oxygens (including phenoxy) is 2. The minimum absolute atomic E-state index is 0.0190. The van der Waals surface area contributed by atoms with E-state index in [0.717, 1.165) is 16.6 Å². The van der Waals surface area contributed by atoms with E-state index in [2.05, 4.69) is 5.32 Å². The van der Waals surface area contributed by atoms with Crippen LogP contribution in [-0.4, -0.2) is 69.2 Å². The van der Waals surface area contributed by atoms with Crippen molar-refractivity contribution in [2.75, 3.05) is 31.3 Å². The Morgan fingerprint density at radius 3 is 2.34 bits per heavy atom. The summed E-state index contributed by atoms with van der Waals surface area (Å²) in [5.41, 5.74) is 0.103. The van der Waals surface area contributed by atoms with Gasteiger partial charge in [-0.3, -0.25) is 24.0 Å². The fourth-order valence-corrected chi connectivity index (χ4v) is 4.44. The normalized spacial score (nSPS) is 12.7. The first-order chi connectivity index (χ1) is 17.8. The van der Waals surface area contributed by atoms with Crippen molar-refractivity contribution >= 4 is 33.2 Å². The highest BCUT2D eigenvalue weighted by molar-refractivity contribution is 7.92. The molecule has 208 valence electrons. The number of amides is 2. The minimum atomic E-state index is -4.11. The van der Waals surface area contributed by atoms with Crippen LogP contribution in [0.4, 0.5) is 11.4 Å². The van der Waals surface area contributed by atoms with Crippen LogP contribution >= 0.6 is 0 Å². The van der Waals surface area contributed by atoms with Crippen molar-refractivity contribution in [1.29, 1.82) is 0 Å². The molecule has 0 aromatic heterocycles. The molecule has 0 saturated carbocycles. The summed E-state index contributed by atoms with van der Waals surface area (Å²) in [5, 5.41) is 14.2. The number of anilines is 1. The molecule has 1 N–H and O–H groups in total. The summed E-state index contributed by atoms with van der Waals surface area (Å²) in [6, 6.07) is 9.27. The molecule has 12 nitrogen and oxygen atoms in total. The molecule has 2 amide bonds. The molecule has 0 radical (unpaired) electrons. The lowest BCUT2D eigenvalue weighted by Gasteiger charge is -2.32. The molecule has 0 aliphatic carbocycles. The van der Waals surface area contributed by atoms with E-state index < -0.39 is 39.3 Å². The molecule has 2 atom stereocenters. The van der Waals surface area contributed by atoms with Gasteiger partial charge in [-0.05, 0) is 44.0 Å². The van der Waals surface area contributed by atoms with Crippen LogP contribution in [0.1, 0.15) is 32.8 Å². The van der Waals surface area contributed by atoms with Crippen LogP contribution < -0.4 is 19.1 Å². The lowest BCUT2D eigenvalue weighted by molar-refractivity contribution is -0.384. The largest absolute Gasteiger partial charge is 0.497 e. The standard InChI is InChI=1S/C25H34N4O8S/c1-7-17(2)26-25(31)18(3)27(15-19-9-8-10-21(13-19)36-4)24(30)16-28(38(6,34)35)22-14-20(29(32)33)11-12-23(22)37-5/h8-14,17-18H,7,15-16H2,1-6H3,(H,26,31)/t17-,18-/m0/s1. The summed E-state index contributed by atoms with van der Waals surface area (Å²) in [5.74, 6) is -0.533. The maximum Gasteiger partial charge on any atom is 0.271 e. The van der Waals surface area contributed by atoms with Crippen molar-refractivity contribution < 1.29 is 32.4 Å². The van der Waals surface area contributed by atoms with Crippen LogP contribution in [0.3, 0.4) is 0 Å². The van der Waals surface area contributed by atoms with E-state index in [9.17, 15) is 28.1 Å². The van der Waals surface area contributed by atoms with E-state index in [0.29, 0.717) is 17.7 Å². The van der Waals surface area contributed by atoms with E-state index in [-0.39, 0.29) is 29.7 Å². The van der Waals surface area contributed by atoms with Gasteiger partial charge in [-0.15, -0.1) is 0 Å². The molecule has 0 fully saturated rings. The molecule has 0 aliphatic heterocycles. The first-order valence-corrected chi connectivity index (χ1v) is 13.7. The van der Waals surface area contributed by atoms with Gasteiger partial charge in [0.05, 0.1) is 25.4 Å². The summed E-state index contributed by atoms with van der Waals surface area (Å²) in [4.78, 5) is 38.6. The zero-order valence-electron chi connectivity index (χ0n) is 22.3. The van der Waals surface area contributed by atoms with Crippen molar-refractivity contribution in [2.45, 2.75) is 45.8 Å². The van der Waals surface area contributed by atoms with Crippen LogP contribution in [0.2, 0.25) is 0 Å². The fraction of sp³-hybridized carbons (Fsp3) is 0.440. The van der Waals surface area contributed by atoms with Crippen LogP contribution in [-0.2, 0) is 26.2 Å². The number of rotatable bonds is 13. The first kappa shape index (κ1) is 30.4. The Morgan fingerprint density at radius 1 is 1.11 bits per heavy atom. The minimum Gasteiger partial charge on any atom is -0.497 e. The number of nitro groups is 1. The highest BCUT2D eigenvalue weighted by Gasteiger charge is 2.32. The summed E-state index contributed by atoms with van der Waals surface area (Å²) < 4.78 is 36.8. The molecule has 2 rings (SSSR count). The predicted octanol–water partition coefficient (Wildman–Crippen LogP) is 2.71. The van der Waals surface area contributed by atoms with Gasteiger partial charge in [0.1, 0.15) is 29.8 Å². The number of non-ortho nitro benzene ring substituents is 1. The lowest BCUT2D eigenvalue weighted by atomic mass is 10.1. The van der Waals surface area contributed by atoms with Crippen molar-refractivity contribution in [3.8, 4) is 11.5 Å². The quantitative estimate of drug-likeness (QED) is 0.296. The van der Waals surface area contributed by atoms with Gasteiger partial charge in [-0.2, -0.15) is 0 Å². The summed E-state index contributed by atoms with van der Waals surface area (Å²) in [6.45, 7) is 4.55. The number of methoxy groups -OCH3 is 2. The SMILES string of the molecule is CC[C@H](C)NC(=O)[C@H](C)N(Cc1cccc(OC)c1)C(=O)CN(c1cc([N+](=O)[O-])ccc1OC)S(C)(=O)=O. The van der Waals surface area contributed by atoms with Crippen molar-refractivity contribution in [2.24, 2.45) is 0 Å². The Morgan fingerprint density at radius 2 is 1.79 bits per heavy atom. The molecule has 38 heavy (non-hydrogen) atoms. The third kappa shape index (κ3) is 7.81. The molecule has 0 bridgehead atoms. The van der Waals surface area contributed by atoms with Crippen molar-refractivity contribution in [3.63, 3.8) is 0 Å².